The molecule has 0 saturated carbocycles. The Morgan fingerprint density at radius 3 is 2.57 bits per heavy atom. The van der Waals surface area contributed by atoms with Gasteiger partial charge in [-0.25, -0.2) is 0 Å². The molecule has 0 aromatic carbocycles. The zero-order valence-corrected chi connectivity index (χ0v) is 12.7. The Labute approximate surface area is 111 Å². The van der Waals surface area contributed by atoms with Crippen LogP contribution in [0.1, 0.15) is 18.7 Å². The van der Waals surface area contributed by atoms with Gasteiger partial charge in [-0.2, -0.15) is 0 Å². The van der Waals surface area contributed by atoms with Crippen LogP contribution in [0.4, 0.5) is 0 Å². The summed E-state index contributed by atoms with van der Waals surface area (Å²) in [6, 6.07) is 2.10. The van der Waals surface area contributed by atoms with Gasteiger partial charge in [-0.1, -0.05) is 19.4 Å². The molecule has 0 fully saturated rings. The number of allylic oxidation sites excluding steroid dienone is 1. The maximum absolute atomic E-state index is 5.87. The Morgan fingerprint density at radius 1 is 1.57 bits per heavy atom. The average molecular weight is 359 g/mol. The molecule has 0 atom stereocenters. The SMILES string of the molecule is CC(C)C(=Cc1cc(Br)c(Br)s1)CCl. The van der Waals surface area contributed by atoms with Crippen molar-refractivity contribution in [3.8, 4) is 0 Å². The van der Waals surface area contributed by atoms with Crippen molar-refractivity contribution in [2.75, 3.05) is 5.88 Å². The first kappa shape index (κ1) is 12.8. The number of thiophene rings is 1. The molecule has 14 heavy (non-hydrogen) atoms. The van der Waals surface area contributed by atoms with E-state index in [1.165, 1.54) is 10.5 Å². The highest BCUT2D eigenvalue weighted by Crippen LogP contribution is 2.34. The third-order valence-corrected chi connectivity index (χ3v) is 5.40. The number of rotatable bonds is 3. The Morgan fingerprint density at radius 2 is 2.21 bits per heavy atom. The average Bonchev–Trinajstić information content (AvgIpc) is 2.41. The Bertz CT molecular complexity index is 322. The van der Waals surface area contributed by atoms with Crippen molar-refractivity contribution in [1.29, 1.82) is 0 Å². The van der Waals surface area contributed by atoms with Gasteiger partial charge in [0.15, 0.2) is 0 Å². The van der Waals surface area contributed by atoms with Crippen molar-refractivity contribution in [2.24, 2.45) is 5.92 Å². The van der Waals surface area contributed by atoms with Crippen molar-refractivity contribution >= 4 is 60.9 Å². The zero-order chi connectivity index (χ0) is 10.7. The van der Waals surface area contributed by atoms with Crippen LogP contribution in [0.2, 0.25) is 0 Å². The Balaban J connectivity index is 2.94. The van der Waals surface area contributed by atoms with Crippen LogP contribution in [-0.2, 0) is 0 Å². The van der Waals surface area contributed by atoms with Gasteiger partial charge in [0.2, 0.25) is 0 Å². The second kappa shape index (κ2) is 5.69. The molecule has 4 heteroatoms. The van der Waals surface area contributed by atoms with Gasteiger partial charge < -0.3 is 0 Å². The molecule has 0 aliphatic carbocycles. The summed E-state index contributed by atoms with van der Waals surface area (Å²) >= 11 is 14.5. The van der Waals surface area contributed by atoms with Crippen LogP contribution >= 0.6 is 54.8 Å². The smallest absolute Gasteiger partial charge is 0.0846 e. The molecule has 78 valence electrons. The fourth-order valence-electron chi connectivity index (χ4n) is 0.977. The normalized spacial score (nSPS) is 12.6. The van der Waals surface area contributed by atoms with Crippen LogP contribution in [0, 0.1) is 5.92 Å². The van der Waals surface area contributed by atoms with Crippen LogP contribution < -0.4 is 0 Å². The van der Waals surface area contributed by atoms with Crippen molar-refractivity contribution in [2.45, 2.75) is 13.8 Å². The lowest BCUT2D eigenvalue weighted by Crippen LogP contribution is -1.94. The lowest BCUT2D eigenvalue weighted by molar-refractivity contribution is 0.778. The summed E-state index contributed by atoms with van der Waals surface area (Å²) in [5, 5.41) is 0. The third-order valence-electron chi connectivity index (χ3n) is 1.89. The summed E-state index contributed by atoms with van der Waals surface area (Å²) in [5.74, 6) is 1.11. The summed E-state index contributed by atoms with van der Waals surface area (Å²) in [6.07, 6.45) is 2.16. The standard InChI is InChI=1S/C10H11Br2ClS/c1-6(2)7(5-13)3-8-4-9(11)10(12)14-8/h3-4,6H,5H2,1-2H3. The molecule has 0 saturated heterocycles. The highest BCUT2D eigenvalue weighted by molar-refractivity contribution is 9.13. The predicted octanol–water partition coefficient (Wildman–Crippen LogP) is 5.55. The van der Waals surface area contributed by atoms with Gasteiger partial charge in [-0.15, -0.1) is 22.9 Å². The molecule has 0 amide bonds. The van der Waals surface area contributed by atoms with Crippen LogP contribution in [0.3, 0.4) is 0 Å². The topological polar surface area (TPSA) is 0 Å². The minimum atomic E-state index is 0.507. The van der Waals surface area contributed by atoms with Crippen molar-refractivity contribution in [3.05, 3.63) is 24.8 Å². The lowest BCUT2D eigenvalue weighted by Gasteiger charge is -2.05. The van der Waals surface area contributed by atoms with E-state index >= 15 is 0 Å². The molecule has 1 aromatic heterocycles. The second-order valence-corrected chi connectivity index (χ2v) is 6.80. The summed E-state index contributed by atoms with van der Waals surface area (Å²) in [5.41, 5.74) is 1.27. The first-order valence-electron chi connectivity index (χ1n) is 4.26. The summed E-state index contributed by atoms with van der Waals surface area (Å²) in [4.78, 5) is 1.23. The van der Waals surface area contributed by atoms with E-state index in [0.29, 0.717) is 11.8 Å². The molecule has 1 aromatic rings. The van der Waals surface area contributed by atoms with E-state index in [1.807, 2.05) is 0 Å². The van der Waals surface area contributed by atoms with Gasteiger partial charge in [0.25, 0.3) is 0 Å². The summed E-state index contributed by atoms with van der Waals surface area (Å²) in [7, 11) is 0. The van der Waals surface area contributed by atoms with Gasteiger partial charge in [0.1, 0.15) is 0 Å². The predicted molar refractivity (Wildman–Crippen MR) is 73.3 cm³/mol. The van der Waals surface area contributed by atoms with Crippen LogP contribution in [-0.4, -0.2) is 5.88 Å². The minimum Gasteiger partial charge on any atom is -0.128 e. The molecular weight excluding hydrogens is 347 g/mol. The molecule has 0 spiro atoms. The molecule has 0 unspecified atom stereocenters. The molecule has 0 N–H and O–H groups in total. The van der Waals surface area contributed by atoms with E-state index in [9.17, 15) is 0 Å². The van der Waals surface area contributed by atoms with E-state index in [2.05, 4.69) is 57.8 Å². The van der Waals surface area contributed by atoms with Crippen LogP contribution in [0.25, 0.3) is 6.08 Å². The van der Waals surface area contributed by atoms with Gasteiger partial charge in [0.05, 0.1) is 3.79 Å². The van der Waals surface area contributed by atoms with Gasteiger partial charge in [0, 0.05) is 15.2 Å². The maximum Gasteiger partial charge on any atom is 0.0846 e. The van der Waals surface area contributed by atoms with E-state index in [1.54, 1.807) is 11.3 Å². The molecule has 1 rings (SSSR count). The Hall–Kier alpha value is 0.690. The van der Waals surface area contributed by atoms with Gasteiger partial charge in [-0.05, 0) is 49.9 Å². The second-order valence-electron chi connectivity index (χ2n) is 3.28. The number of halogens is 3. The van der Waals surface area contributed by atoms with Gasteiger partial charge >= 0.3 is 0 Å². The van der Waals surface area contributed by atoms with Gasteiger partial charge in [-0.3, -0.25) is 0 Å². The van der Waals surface area contributed by atoms with Crippen LogP contribution in [0.5, 0.6) is 0 Å². The fourth-order valence-corrected chi connectivity index (χ4v) is 3.43. The van der Waals surface area contributed by atoms with E-state index in [-0.39, 0.29) is 0 Å². The zero-order valence-electron chi connectivity index (χ0n) is 7.98. The number of hydrogen-bond donors (Lipinski definition) is 0. The molecule has 0 radical (unpaired) electrons. The first-order chi connectivity index (χ1) is 6.54. The number of hydrogen-bond acceptors (Lipinski definition) is 1. The third kappa shape index (κ3) is 3.37. The largest absolute Gasteiger partial charge is 0.128 e. The summed E-state index contributed by atoms with van der Waals surface area (Å²) < 4.78 is 2.23. The number of alkyl halides is 1. The minimum absolute atomic E-state index is 0.507. The fraction of sp³-hybridized carbons (Fsp3) is 0.400. The quantitative estimate of drug-likeness (QED) is 0.621. The molecule has 0 nitrogen and oxygen atoms in total. The van der Waals surface area contributed by atoms with E-state index < -0.39 is 0 Å². The Kier molecular flexibility index (Phi) is 5.18. The van der Waals surface area contributed by atoms with Crippen LogP contribution in [0.15, 0.2) is 19.9 Å². The van der Waals surface area contributed by atoms with E-state index in [4.69, 9.17) is 11.6 Å². The molecule has 0 aliphatic rings. The van der Waals surface area contributed by atoms with Crippen molar-refractivity contribution in [3.63, 3.8) is 0 Å². The van der Waals surface area contributed by atoms with E-state index in [0.717, 1.165) is 8.26 Å². The van der Waals surface area contributed by atoms with Crippen molar-refractivity contribution < 1.29 is 0 Å². The summed E-state index contributed by atoms with van der Waals surface area (Å²) in [6.45, 7) is 4.32. The molecule has 0 bridgehead atoms. The first-order valence-corrected chi connectivity index (χ1v) is 7.19. The van der Waals surface area contributed by atoms with Crippen molar-refractivity contribution in [1.82, 2.24) is 0 Å². The monoisotopic (exact) mass is 356 g/mol. The molecule has 0 aliphatic heterocycles. The molecular formula is C10H11Br2ClS. The molecule has 1 heterocycles. The highest BCUT2D eigenvalue weighted by atomic mass is 79.9. The maximum atomic E-state index is 5.87. The highest BCUT2D eigenvalue weighted by Gasteiger charge is 2.05. The lowest BCUT2D eigenvalue weighted by atomic mass is 10.0.